The van der Waals surface area contributed by atoms with Crippen LogP contribution >= 0.6 is 0 Å². The first-order valence-corrected chi connectivity index (χ1v) is 7.45. The van der Waals surface area contributed by atoms with Crippen LogP contribution in [0.1, 0.15) is 44.7 Å². The zero-order valence-corrected chi connectivity index (χ0v) is 12.6. The first kappa shape index (κ1) is 14.4. The fourth-order valence-corrected chi connectivity index (χ4v) is 3.85. The second-order valence-corrected chi connectivity index (χ2v) is 6.19. The largest absolute Gasteiger partial charge is 0.496 e. The molecule has 1 aliphatic rings. The van der Waals surface area contributed by atoms with Gasteiger partial charge in [-0.2, -0.15) is 0 Å². The third-order valence-corrected chi connectivity index (χ3v) is 4.47. The summed E-state index contributed by atoms with van der Waals surface area (Å²) in [5.74, 6) is 3.38. The van der Waals surface area contributed by atoms with E-state index in [0.717, 1.165) is 17.6 Å². The lowest BCUT2D eigenvalue weighted by Gasteiger charge is -2.37. The first-order chi connectivity index (χ1) is 9.15. The van der Waals surface area contributed by atoms with Gasteiger partial charge in [0, 0.05) is 11.6 Å². The number of benzene rings is 1. The molecule has 2 rings (SSSR count). The lowest BCUT2D eigenvalue weighted by Crippen LogP contribution is -2.31. The Balaban J connectivity index is 2.23. The van der Waals surface area contributed by atoms with Crippen molar-refractivity contribution in [3.05, 3.63) is 29.8 Å². The van der Waals surface area contributed by atoms with Crippen molar-refractivity contribution in [3.63, 3.8) is 0 Å². The fraction of sp³-hybridized carbons (Fsp3) is 0.647. The summed E-state index contributed by atoms with van der Waals surface area (Å²) in [5, 5.41) is 3.52. The van der Waals surface area contributed by atoms with Gasteiger partial charge in [-0.1, -0.05) is 32.0 Å². The predicted molar refractivity (Wildman–Crippen MR) is 80.5 cm³/mol. The Morgan fingerprint density at radius 2 is 1.74 bits per heavy atom. The summed E-state index contributed by atoms with van der Waals surface area (Å²) >= 11 is 0. The molecule has 1 aromatic rings. The van der Waals surface area contributed by atoms with Gasteiger partial charge in [0.2, 0.25) is 0 Å². The average Bonchev–Trinajstić information content (AvgIpc) is 2.39. The molecule has 0 radical (unpaired) electrons. The molecule has 2 heteroatoms. The highest BCUT2D eigenvalue weighted by atomic mass is 16.5. The van der Waals surface area contributed by atoms with Crippen LogP contribution in [-0.4, -0.2) is 14.2 Å². The van der Waals surface area contributed by atoms with E-state index >= 15 is 0 Å². The van der Waals surface area contributed by atoms with Gasteiger partial charge in [-0.05, 0) is 50.1 Å². The van der Waals surface area contributed by atoms with Crippen LogP contribution in [0, 0.1) is 17.8 Å². The van der Waals surface area contributed by atoms with Gasteiger partial charge in [-0.15, -0.1) is 0 Å². The second kappa shape index (κ2) is 6.42. The highest BCUT2D eigenvalue weighted by Crippen LogP contribution is 2.41. The Morgan fingerprint density at radius 1 is 1.11 bits per heavy atom. The second-order valence-electron chi connectivity index (χ2n) is 6.19. The quantitative estimate of drug-likeness (QED) is 0.883. The molecule has 106 valence electrons. The van der Waals surface area contributed by atoms with Crippen LogP contribution in [0.2, 0.25) is 0 Å². The summed E-state index contributed by atoms with van der Waals surface area (Å²) in [6, 6.07) is 8.82. The molecule has 0 spiro atoms. The molecule has 0 bridgehead atoms. The lowest BCUT2D eigenvalue weighted by atomic mass is 9.72. The fourth-order valence-electron chi connectivity index (χ4n) is 3.85. The monoisotopic (exact) mass is 261 g/mol. The maximum absolute atomic E-state index is 5.53. The molecule has 0 amide bonds. The van der Waals surface area contributed by atoms with E-state index < -0.39 is 0 Å². The van der Waals surface area contributed by atoms with Gasteiger partial charge >= 0.3 is 0 Å². The molecule has 19 heavy (non-hydrogen) atoms. The van der Waals surface area contributed by atoms with Crippen molar-refractivity contribution in [2.75, 3.05) is 14.2 Å². The third-order valence-electron chi connectivity index (χ3n) is 4.47. The topological polar surface area (TPSA) is 21.3 Å². The van der Waals surface area contributed by atoms with E-state index in [1.807, 2.05) is 6.07 Å². The molecule has 0 saturated heterocycles. The average molecular weight is 261 g/mol. The van der Waals surface area contributed by atoms with Crippen LogP contribution in [-0.2, 0) is 0 Å². The van der Waals surface area contributed by atoms with Gasteiger partial charge in [0.05, 0.1) is 7.11 Å². The van der Waals surface area contributed by atoms with Crippen LogP contribution in [0.25, 0.3) is 0 Å². The van der Waals surface area contributed by atoms with Gasteiger partial charge in [-0.3, -0.25) is 0 Å². The standard InChI is InChI=1S/C17H27NO/c1-12-9-13(2)11-14(10-12)17(18-3)15-7-5-6-8-16(15)19-4/h5-8,12-14,17-18H,9-11H2,1-4H3. The molecule has 3 unspecified atom stereocenters. The smallest absolute Gasteiger partial charge is 0.123 e. The number of nitrogens with one attached hydrogen (secondary N) is 1. The molecule has 3 atom stereocenters. The van der Waals surface area contributed by atoms with E-state index in [4.69, 9.17) is 4.74 Å². The van der Waals surface area contributed by atoms with Crippen LogP contribution in [0.3, 0.4) is 0 Å². The minimum absolute atomic E-state index is 0.404. The maximum Gasteiger partial charge on any atom is 0.123 e. The molecule has 1 aliphatic carbocycles. The van der Waals surface area contributed by atoms with Crippen molar-refractivity contribution >= 4 is 0 Å². The van der Waals surface area contributed by atoms with E-state index in [1.54, 1.807) is 7.11 Å². The molecular weight excluding hydrogens is 234 g/mol. The first-order valence-electron chi connectivity index (χ1n) is 7.45. The molecule has 1 N–H and O–H groups in total. The van der Waals surface area contributed by atoms with E-state index in [2.05, 4.69) is 44.4 Å². The summed E-state index contributed by atoms with van der Waals surface area (Å²) in [6.45, 7) is 4.77. The Morgan fingerprint density at radius 3 is 2.32 bits per heavy atom. The molecular formula is C17H27NO. The molecule has 1 aromatic carbocycles. The van der Waals surface area contributed by atoms with Crippen molar-refractivity contribution in [1.82, 2.24) is 5.32 Å². The van der Waals surface area contributed by atoms with Crippen molar-refractivity contribution in [2.45, 2.75) is 39.2 Å². The number of hydrogen-bond acceptors (Lipinski definition) is 2. The molecule has 2 nitrogen and oxygen atoms in total. The number of hydrogen-bond donors (Lipinski definition) is 1. The number of para-hydroxylation sites is 1. The molecule has 0 aliphatic heterocycles. The van der Waals surface area contributed by atoms with Crippen LogP contribution in [0.15, 0.2) is 24.3 Å². The van der Waals surface area contributed by atoms with Crippen LogP contribution in [0.5, 0.6) is 5.75 Å². The van der Waals surface area contributed by atoms with E-state index in [1.165, 1.54) is 24.8 Å². The van der Waals surface area contributed by atoms with Crippen LogP contribution < -0.4 is 10.1 Å². The van der Waals surface area contributed by atoms with Gasteiger partial charge in [-0.25, -0.2) is 0 Å². The van der Waals surface area contributed by atoms with Gasteiger partial charge < -0.3 is 10.1 Å². The zero-order chi connectivity index (χ0) is 13.8. The van der Waals surface area contributed by atoms with Crippen molar-refractivity contribution < 1.29 is 4.74 Å². The summed E-state index contributed by atoms with van der Waals surface area (Å²) in [7, 11) is 3.83. The number of ether oxygens (including phenoxy) is 1. The highest BCUT2D eigenvalue weighted by Gasteiger charge is 2.31. The summed E-state index contributed by atoms with van der Waals surface area (Å²) in [6.07, 6.45) is 4.00. The minimum atomic E-state index is 0.404. The van der Waals surface area contributed by atoms with Crippen molar-refractivity contribution in [1.29, 1.82) is 0 Å². The number of methoxy groups -OCH3 is 1. The van der Waals surface area contributed by atoms with E-state index in [9.17, 15) is 0 Å². The Hall–Kier alpha value is -1.02. The summed E-state index contributed by atoms with van der Waals surface area (Å²) in [4.78, 5) is 0. The van der Waals surface area contributed by atoms with Gasteiger partial charge in [0.1, 0.15) is 5.75 Å². The Labute approximate surface area is 117 Å². The normalized spacial score (nSPS) is 28.9. The maximum atomic E-state index is 5.53. The Bertz CT molecular complexity index is 394. The van der Waals surface area contributed by atoms with Gasteiger partial charge in [0.15, 0.2) is 0 Å². The number of rotatable bonds is 4. The Kier molecular flexibility index (Phi) is 4.87. The van der Waals surface area contributed by atoms with Crippen LogP contribution in [0.4, 0.5) is 0 Å². The molecule has 0 heterocycles. The zero-order valence-electron chi connectivity index (χ0n) is 12.6. The van der Waals surface area contributed by atoms with E-state index in [-0.39, 0.29) is 0 Å². The SMILES string of the molecule is CNC(c1ccccc1OC)C1CC(C)CC(C)C1. The molecule has 0 aromatic heterocycles. The highest BCUT2D eigenvalue weighted by molar-refractivity contribution is 5.36. The molecule has 1 fully saturated rings. The van der Waals surface area contributed by atoms with Gasteiger partial charge in [0.25, 0.3) is 0 Å². The van der Waals surface area contributed by atoms with Crippen molar-refractivity contribution in [3.8, 4) is 5.75 Å². The van der Waals surface area contributed by atoms with Crippen molar-refractivity contribution in [2.24, 2.45) is 17.8 Å². The lowest BCUT2D eigenvalue weighted by molar-refractivity contribution is 0.179. The summed E-state index contributed by atoms with van der Waals surface area (Å²) in [5.41, 5.74) is 1.30. The minimum Gasteiger partial charge on any atom is -0.496 e. The summed E-state index contributed by atoms with van der Waals surface area (Å²) < 4.78 is 5.53. The molecule has 1 saturated carbocycles. The third kappa shape index (κ3) is 3.30. The predicted octanol–water partition coefficient (Wildman–Crippen LogP) is 4.03. The van der Waals surface area contributed by atoms with E-state index in [0.29, 0.717) is 12.0 Å².